The highest BCUT2D eigenvalue weighted by Gasteiger charge is 2.54. The van der Waals surface area contributed by atoms with Crippen molar-refractivity contribution in [2.75, 3.05) is 37.8 Å². The van der Waals surface area contributed by atoms with Gasteiger partial charge in [-0.1, -0.05) is 0 Å². The highest BCUT2D eigenvalue weighted by Crippen LogP contribution is 2.56. The Morgan fingerprint density at radius 1 is 1.18 bits per heavy atom. The van der Waals surface area contributed by atoms with Gasteiger partial charge < -0.3 is 26.0 Å². The van der Waals surface area contributed by atoms with Crippen LogP contribution in [0.5, 0.6) is 0 Å². The second-order valence-corrected chi connectivity index (χ2v) is 11.4. The van der Waals surface area contributed by atoms with Gasteiger partial charge in [-0.2, -0.15) is 4.98 Å². The van der Waals surface area contributed by atoms with Crippen molar-refractivity contribution in [3.63, 3.8) is 0 Å². The molecule has 1 aromatic carbocycles. The molecule has 6 rings (SSSR count). The van der Waals surface area contributed by atoms with Crippen molar-refractivity contribution in [2.45, 2.75) is 43.7 Å². The summed E-state index contributed by atoms with van der Waals surface area (Å²) in [6, 6.07) is 7.64. The van der Waals surface area contributed by atoms with Gasteiger partial charge >= 0.3 is 0 Å². The van der Waals surface area contributed by atoms with Crippen LogP contribution in [0.15, 0.2) is 34.9 Å². The van der Waals surface area contributed by atoms with E-state index in [0.29, 0.717) is 41.9 Å². The van der Waals surface area contributed by atoms with Crippen LogP contribution in [0.1, 0.15) is 42.5 Å². The molecule has 34 heavy (non-hydrogen) atoms. The van der Waals surface area contributed by atoms with Crippen LogP contribution in [0.25, 0.3) is 0 Å². The molecule has 4 aliphatic carbocycles. The number of rotatable bonds is 8. The SMILES string of the molecule is CN(C)CCNC(=O)c1ccc(Nc2ncc(Br)c(N[C@H]3C4CC5CC3C[C@](O)(C5)C4)n2)cc1. The van der Waals surface area contributed by atoms with Crippen LogP contribution in [0.4, 0.5) is 17.5 Å². The highest BCUT2D eigenvalue weighted by molar-refractivity contribution is 9.10. The number of halogens is 1. The predicted octanol–water partition coefficient (Wildman–Crippen LogP) is 3.63. The average Bonchev–Trinajstić information content (AvgIpc) is 2.77. The summed E-state index contributed by atoms with van der Waals surface area (Å²) in [5, 5.41) is 20.7. The fourth-order valence-corrected chi connectivity index (χ4v) is 6.54. The number of carbonyl (C=O) groups is 1. The van der Waals surface area contributed by atoms with Gasteiger partial charge in [0.15, 0.2) is 0 Å². The third-order valence-electron chi connectivity index (χ3n) is 7.54. The zero-order valence-electron chi connectivity index (χ0n) is 19.7. The number of aliphatic hydroxyl groups is 1. The summed E-state index contributed by atoms with van der Waals surface area (Å²) in [4.78, 5) is 23.5. The van der Waals surface area contributed by atoms with Crippen molar-refractivity contribution in [3.8, 4) is 0 Å². The van der Waals surface area contributed by atoms with Gasteiger partial charge in [0.25, 0.3) is 5.91 Å². The number of benzene rings is 1. The summed E-state index contributed by atoms with van der Waals surface area (Å²) in [7, 11) is 3.95. The molecule has 0 spiro atoms. The summed E-state index contributed by atoms with van der Waals surface area (Å²) in [5.41, 5.74) is 0.988. The van der Waals surface area contributed by atoms with Crippen molar-refractivity contribution in [2.24, 2.45) is 17.8 Å². The van der Waals surface area contributed by atoms with Crippen molar-refractivity contribution in [3.05, 3.63) is 40.5 Å². The fourth-order valence-electron chi connectivity index (χ4n) is 6.23. The molecular weight excluding hydrogens is 496 g/mol. The predicted molar refractivity (Wildman–Crippen MR) is 136 cm³/mol. The maximum absolute atomic E-state index is 12.3. The van der Waals surface area contributed by atoms with Gasteiger partial charge in [0.05, 0.1) is 10.1 Å². The largest absolute Gasteiger partial charge is 0.390 e. The quantitative estimate of drug-likeness (QED) is 0.414. The van der Waals surface area contributed by atoms with E-state index in [1.54, 1.807) is 18.3 Å². The molecule has 182 valence electrons. The molecule has 0 aliphatic heterocycles. The zero-order valence-corrected chi connectivity index (χ0v) is 21.3. The second-order valence-electron chi connectivity index (χ2n) is 10.5. The zero-order chi connectivity index (χ0) is 23.9. The van der Waals surface area contributed by atoms with E-state index < -0.39 is 5.60 Å². The number of carbonyl (C=O) groups excluding carboxylic acids is 1. The smallest absolute Gasteiger partial charge is 0.251 e. The molecule has 4 saturated carbocycles. The molecule has 1 aromatic heterocycles. The maximum Gasteiger partial charge on any atom is 0.251 e. The Bertz CT molecular complexity index is 1030. The Morgan fingerprint density at radius 2 is 1.88 bits per heavy atom. The highest BCUT2D eigenvalue weighted by atomic mass is 79.9. The average molecular weight is 529 g/mol. The topological polar surface area (TPSA) is 102 Å². The van der Waals surface area contributed by atoms with Gasteiger partial charge in [-0.3, -0.25) is 4.79 Å². The first-order valence-corrected chi connectivity index (χ1v) is 12.9. The molecule has 4 aliphatic rings. The monoisotopic (exact) mass is 528 g/mol. The van der Waals surface area contributed by atoms with E-state index in [9.17, 15) is 9.90 Å². The fraction of sp³-hybridized carbons (Fsp3) is 0.560. The summed E-state index contributed by atoms with van der Waals surface area (Å²) in [6.07, 6.45) is 6.90. The number of amides is 1. The van der Waals surface area contributed by atoms with Crippen LogP contribution in [-0.4, -0.2) is 64.7 Å². The van der Waals surface area contributed by atoms with Crippen LogP contribution in [0.3, 0.4) is 0 Å². The Labute approximate surface area is 209 Å². The van der Waals surface area contributed by atoms with E-state index in [0.717, 1.165) is 41.8 Å². The lowest BCUT2D eigenvalue weighted by Crippen LogP contribution is -2.59. The lowest BCUT2D eigenvalue weighted by Gasteiger charge is -2.58. The minimum Gasteiger partial charge on any atom is -0.390 e. The normalized spacial score (nSPS) is 29.3. The Balaban J connectivity index is 1.23. The van der Waals surface area contributed by atoms with E-state index >= 15 is 0 Å². The van der Waals surface area contributed by atoms with Gasteiger partial charge in [0, 0.05) is 36.6 Å². The van der Waals surface area contributed by atoms with Gasteiger partial charge in [-0.15, -0.1) is 0 Å². The minimum absolute atomic E-state index is 0.0832. The maximum atomic E-state index is 12.3. The molecule has 2 aromatic rings. The van der Waals surface area contributed by atoms with E-state index in [1.165, 1.54) is 12.8 Å². The summed E-state index contributed by atoms with van der Waals surface area (Å²) < 4.78 is 0.829. The molecule has 1 heterocycles. The Kier molecular flexibility index (Phi) is 6.52. The molecule has 4 fully saturated rings. The molecule has 1 amide bonds. The molecule has 0 saturated heterocycles. The second kappa shape index (κ2) is 9.43. The standard InChI is InChI=1S/C25H33BrN6O2/c1-32(2)8-7-27-23(33)16-3-5-19(6-4-16)29-24-28-14-20(26)22(31-24)30-21-17-9-15-10-18(21)13-25(34,11-15)12-17/h3-6,14-15,17-18,21,34H,7-13H2,1-2H3,(H,27,33)(H2,28,29,30,31)/t15?,17?,18?,21-,25-. The molecule has 9 heteroatoms. The Morgan fingerprint density at radius 3 is 2.53 bits per heavy atom. The third kappa shape index (κ3) is 5.06. The molecule has 8 nitrogen and oxygen atoms in total. The first-order chi connectivity index (χ1) is 16.3. The van der Waals surface area contributed by atoms with E-state index in [1.807, 2.05) is 31.1 Å². The van der Waals surface area contributed by atoms with E-state index in [2.05, 4.69) is 36.9 Å². The number of aromatic nitrogens is 2. The van der Waals surface area contributed by atoms with Gasteiger partial charge in [-0.25, -0.2) is 4.98 Å². The van der Waals surface area contributed by atoms with Crippen molar-refractivity contribution in [1.82, 2.24) is 20.2 Å². The number of likely N-dealkylation sites (N-methyl/N-ethyl adjacent to an activating group) is 1. The first-order valence-electron chi connectivity index (χ1n) is 12.1. The van der Waals surface area contributed by atoms with E-state index in [4.69, 9.17) is 4.98 Å². The number of hydrogen-bond acceptors (Lipinski definition) is 7. The number of nitrogens with zero attached hydrogens (tertiary/aromatic N) is 3. The third-order valence-corrected chi connectivity index (χ3v) is 8.12. The minimum atomic E-state index is -0.445. The van der Waals surface area contributed by atoms with Crippen molar-refractivity contribution >= 4 is 39.3 Å². The van der Waals surface area contributed by atoms with Crippen LogP contribution in [0.2, 0.25) is 0 Å². The summed E-state index contributed by atoms with van der Waals surface area (Å²) >= 11 is 3.60. The molecule has 0 radical (unpaired) electrons. The lowest BCUT2D eigenvalue weighted by molar-refractivity contribution is -0.129. The number of nitrogens with one attached hydrogen (secondary N) is 3. The molecular formula is C25H33BrN6O2. The first kappa shape index (κ1) is 23.5. The number of anilines is 3. The van der Waals surface area contributed by atoms with Gasteiger partial charge in [-0.05, 0) is 104 Å². The van der Waals surface area contributed by atoms with Gasteiger partial charge in [0.1, 0.15) is 5.82 Å². The molecule has 2 unspecified atom stereocenters. The molecule has 2 atom stereocenters. The van der Waals surface area contributed by atoms with E-state index in [-0.39, 0.29) is 5.91 Å². The summed E-state index contributed by atoms with van der Waals surface area (Å²) in [6.45, 7) is 1.41. The number of hydrogen-bond donors (Lipinski definition) is 4. The van der Waals surface area contributed by atoms with Crippen LogP contribution < -0.4 is 16.0 Å². The van der Waals surface area contributed by atoms with Crippen LogP contribution in [0, 0.1) is 17.8 Å². The van der Waals surface area contributed by atoms with Crippen molar-refractivity contribution in [1.29, 1.82) is 0 Å². The van der Waals surface area contributed by atoms with Gasteiger partial charge in [0.2, 0.25) is 5.95 Å². The Hall–Kier alpha value is -2.23. The van der Waals surface area contributed by atoms with Crippen LogP contribution in [-0.2, 0) is 0 Å². The van der Waals surface area contributed by atoms with Crippen LogP contribution >= 0.6 is 15.9 Å². The molecule has 4 N–H and O–H groups in total. The molecule has 4 bridgehead atoms. The summed E-state index contributed by atoms with van der Waals surface area (Å²) in [5.74, 6) is 2.84. The van der Waals surface area contributed by atoms with Crippen molar-refractivity contribution < 1.29 is 9.90 Å². The lowest BCUT2D eigenvalue weighted by atomic mass is 9.52.